The molecule has 1 heterocycles. The van der Waals surface area contributed by atoms with Crippen molar-refractivity contribution in [3.05, 3.63) is 28.8 Å². The van der Waals surface area contributed by atoms with Crippen molar-refractivity contribution in [2.24, 2.45) is 0 Å². The van der Waals surface area contributed by atoms with Crippen LogP contribution in [0.2, 0.25) is 0 Å². The lowest BCUT2D eigenvalue weighted by Crippen LogP contribution is -2.34. The Kier molecular flexibility index (Phi) is 3.03. The molecule has 4 heteroatoms. The van der Waals surface area contributed by atoms with E-state index in [1.54, 1.807) is 13.0 Å². The van der Waals surface area contributed by atoms with Crippen molar-refractivity contribution in [1.82, 2.24) is 0 Å². The number of carbonyl (C=O) groups is 3. The highest BCUT2D eigenvalue weighted by Gasteiger charge is 2.37. The van der Waals surface area contributed by atoms with E-state index in [4.69, 9.17) is 0 Å². The zero-order valence-electron chi connectivity index (χ0n) is 10.7. The lowest BCUT2D eigenvalue weighted by Gasteiger charge is -2.18. The van der Waals surface area contributed by atoms with E-state index in [2.05, 4.69) is 0 Å². The Morgan fingerprint density at radius 3 is 2.50 bits per heavy atom. The summed E-state index contributed by atoms with van der Waals surface area (Å²) in [6.45, 7) is 5.51. The Morgan fingerprint density at radius 2 is 1.89 bits per heavy atom. The average molecular weight is 245 g/mol. The van der Waals surface area contributed by atoms with Gasteiger partial charge in [-0.2, -0.15) is 0 Å². The summed E-state index contributed by atoms with van der Waals surface area (Å²) in [5.74, 6) is -1.16. The minimum absolute atomic E-state index is 0.0155. The highest BCUT2D eigenvalue weighted by molar-refractivity contribution is 6.52. The number of rotatable bonds is 3. The molecule has 0 saturated carbocycles. The molecule has 0 bridgehead atoms. The van der Waals surface area contributed by atoms with Crippen molar-refractivity contribution in [1.29, 1.82) is 0 Å². The first-order valence-corrected chi connectivity index (χ1v) is 5.95. The van der Waals surface area contributed by atoms with Crippen LogP contribution in [0.4, 0.5) is 5.69 Å². The van der Waals surface area contributed by atoms with Gasteiger partial charge in [0.1, 0.15) is 0 Å². The highest BCUT2D eigenvalue weighted by Crippen LogP contribution is 2.33. The minimum Gasteiger partial charge on any atom is -0.298 e. The van der Waals surface area contributed by atoms with Gasteiger partial charge < -0.3 is 0 Å². The molecule has 1 aliphatic heterocycles. The third-order valence-corrected chi connectivity index (χ3v) is 3.38. The summed E-state index contributed by atoms with van der Waals surface area (Å²) >= 11 is 0. The normalized spacial score (nSPS) is 14.1. The second kappa shape index (κ2) is 4.37. The van der Waals surface area contributed by atoms with E-state index in [1.807, 2.05) is 19.9 Å². The molecule has 4 nitrogen and oxygen atoms in total. The van der Waals surface area contributed by atoms with Crippen molar-refractivity contribution in [2.75, 3.05) is 11.4 Å². The first-order chi connectivity index (χ1) is 8.47. The van der Waals surface area contributed by atoms with E-state index >= 15 is 0 Å². The molecule has 1 aromatic rings. The number of benzene rings is 1. The maximum Gasteiger partial charge on any atom is 0.299 e. The van der Waals surface area contributed by atoms with Gasteiger partial charge in [0.2, 0.25) is 0 Å². The van der Waals surface area contributed by atoms with Gasteiger partial charge in [-0.25, -0.2) is 0 Å². The summed E-state index contributed by atoms with van der Waals surface area (Å²) < 4.78 is 0. The molecule has 94 valence electrons. The van der Waals surface area contributed by atoms with E-state index in [-0.39, 0.29) is 12.3 Å². The first kappa shape index (κ1) is 12.5. The molecular formula is C14H15NO3. The van der Waals surface area contributed by atoms with Crippen LogP contribution in [-0.4, -0.2) is 24.0 Å². The molecule has 1 aliphatic rings. The lowest BCUT2D eigenvalue weighted by molar-refractivity contribution is -0.120. The Morgan fingerprint density at radius 1 is 1.22 bits per heavy atom. The Bertz CT molecular complexity index is 560. The summed E-state index contributed by atoms with van der Waals surface area (Å²) in [4.78, 5) is 36.6. The molecule has 1 aromatic carbocycles. The monoisotopic (exact) mass is 245 g/mol. The smallest absolute Gasteiger partial charge is 0.298 e. The van der Waals surface area contributed by atoms with Crippen LogP contribution in [0, 0.1) is 13.8 Å². The molecule has 0 radical (unpaired) electrons. The van der Waals surface area contributed by atoms with Crippen LogP contribution in [0.25, 0.3) is 0 Å². The zero-order valence-corrected chi connectivity index (χ0v) is 10.7. The quantitative estimate of drug-likeness (QED) is 0.763. The van der Waals surface area contributed by atoms with E-state index in [1.165, 1.54) is 4.90 Å². The van der Waals surface area contributed by atoms with Crippen LogP contribution in [0.5, 0.6) is 0 Å². The number of amides is 1. The number of Topliss-reactive ketones (excluding diaryl/α,β-unsaturated/α-hetero) is 2. The number of hydrogen-bond donors (Lipinski definition) is 0. The molecule has 2 rings (SSSR count). The topological polar surface area (TPSA) is 54.5 Å². The molecule has 18 heavy (non-hydrogen) atoms. The average Bonchev–Trinajstić information content (AvgIpc) is 2.59. The Hall–Kier alpha value is -1.97. The lowest BCUT2D eigenvalue weighted by atomic mass is 10.0. The number of anilines is 1. The molecule has 0 aromatic heterocycles. The van der Waals surface area contributed by atoms with E-state index in [9.17, 15) is 14.4 Å². The molecular weight excluding hydrogens is 230 g/mol. The molecule has 0 unspecified atom stereocenters. The van der Waals surface area contributed by atoms with E-state index in [0.717, 1.165) is 11.1 Å². The van der Waals surface area contributed by atoms with Gasteiger partial charge in [-0.3, -0.25) is 19.3 Å². The van der Waals surface area contributed by atoms with Crippen molar-refractivity contribution in [3.63, 3.8) is 0 Å². The van der Waals surface area contributed by atoms with Gasteiger partial charge in [-0.15, -0.1) is 0 Å². The predicted molar refractivity (Wildman–Crippen MR) is 67.9 cm³/mol. The van der Waals surface area contributed by atoms with E-state index in [0.29, 0.717) is 17.7 Å². The second-order valence-electron chi connectivity index (χ2n) is 4.52. The van der Waals surface area contributed by atoms with Crippen molar-refractivity contribution < 1.29 is 14.4 Å². The van der Waals surface area contributed by atoms with Crippen LogP contribution >= 0.6 is 0 Å². The molecule has 0 spiro atoms. The second-order valence-corrected chi connectivity index (χ2v) is 4.52. The van der Waals surface area contributed by atoms with Crippen LogP contribution in [0.1, 0.15) is 34.8 Å². The fourth-order valence-electron chi connectivity index (χ4n) is 2.11. The largest absolute Gasteiger partial charge is 0.299 e. The standard InChI is InChI=1S/C14H15NO3/c1-4-10(16)7-15-12-9(3)8(2)5-6-11(12)13(17)14(15)18/h5-6H,4,7H2,1-3H3. The van der Waals surface area contributed by atoms with Crippen LogP contribution in [0.3, 0.4) is 0 Å². The Balaban J connectivity index is 2.53. The Labute approximate surface area is 106 Å². The summed E-state index contributed by atoms with van der Waals surface area (Å²) in [5, 5.41) is 0. The maximum atomic E-state index is 11.9. The van der Waals surface area contributed by atoms with Crippen molar-refractivity contribution in [3.8, 4) is 0 Å². The number of hydrogen-bond acceptors (Lipinski definition) is 3. The molecule has 0 fully saturated rings. The van der Waals surface area contributed by atoms with Gasteiger partial charge in [-0.1, -0.05) is 13.0 Å². The number of ketones is 2. The van der Waals surface area contributed by atoms with Crippen LogP contribution in [-0.2, 0) is 9.59 Å². The van der Waals surface area contributed by atoms with Gasteiger partial charge in [0.05, 0.1) is 17.8 Å². The molecule has 0 saturated heterocycles. The van der Waals surface area contributed by atoms with Gasteiger partial charge in [0.25, 0.3) is 11.7 Å². The van der Waals surface area contributed by atoms with Crippen LogP contribution in [0.15, 0.2) is 12.1 Å². The van der Waals surface area contributed by atoms with Gasteiger partial charge in [-0.05, 0) is 31.0 Å². The predicted octanol–water partition coefficient (Wildman–Crippen LogP) is 1.81. The van der Waals surface area contributed by atoms with Crippen molar-refractivity contribution in [2.45, 2.75) is 27.2 Å². The van der Waals surface area contributed by atoms with Gasteiger partial charge >= 0.3 is 0 Å². The first-order valence-electron chi connectivity index (χ1n) is 5.95. The minimum atomic E-state index is -0.597. The number of nitrogens with zero attached hydrogens (tertiary/aromatic N) is 1. The maximum absolute atomic E-state index is 11.9. The fourth-order valence-corrected chi connectivity index (χ4v) is 2.11. The fraction of sp³-hybridized carbons (Fsp3) is 0.357. The molecule has 0 aliphatic carbocycles. The zero-order chi connectivity index (χ0) is 13.4. The summed E-state index contributed by atoms with van der Waals surface area (Å²) in [7, 11) is 0. The summed E-state index contributed by atoms with van der Waals surface area (Å²) in [5.41, 5.74) is 2.90. The summed E-state index contributed by atoms with van der Waals surface area (Å²) in [6, 6.07) is 3.48. The highest BCUT2D eigenvalue weighted by atomic mass is 16.2. The number of carbonyl (C=O) groups excluding carboxylic acids is 3. The van der Waals surface area contributed by atoms with Gasteiger partial charge in [0.15, 0.2) is 5.78 Å². The number of aryl methyl sites for hydroxylation is 1. The number of fused-ring (bicyclic) bond motifs is 1. The third-order valence-electron chi connectivity index (χ3n) is 3.38. The molecule has 0 atom stereocenters. The molecule has 0 N–H and O–H groups in total. The third kappa shape index (κ3) is 1.74. The van der Waals surface area contributed by atoms with Crippen LogP contribution < -0.4 is 4.90 Å². The SMILES string of the molecule is CCC(=O)CN1C(=O)C(=O)c2ccc(C)c(C)c21. The molecule has 1 amide bonds. The van der Waals surface area contributed by atoms with E-state index < -0.39 is 11.7 Å². The summed E-state index contributed by atoms with van der Waals surface area (Å²) in [6.07, 6.45) is 0.359. The van der Waals surface area contributed by atoms with Gasteiger partial charge in [0, 0.05) is 6.42 Å². The van der Waals surface area contributed by atoms with Crippen molar-refractivity contribution >= 4 is 23.2 Å².